The molecule has 1 aromatic heterocycles. The van der Waals surface area contributed by atoms with Gasteiger partial charge in [0.1, 0.15) is 5.82 Å². The van der Waals surface area contributed by atoms with Crippen LogP contribution in [-0.4, -0.2) is 41.5 Å². The molecule has 2 aliphatic heterocycles. The number of nitrogen functional groups attached to an aromatic ring is 1. The second kappa shape index (κ2) is 5.35. The van der Waals surface area contributed by atoms with Crippen LogP contribution in [0.2, 0.25) is 0 Å². The molecule has 0 aromatic carbocycles. The van der Waals surface area contributed by atoms with Crippen LogP contribution >= 0.6 is 0 Å². The molecule has 0 unspecified atom stereocenters. The molecule has 2 aliphatic rings. The average Bonchev–Trinajstić information content (AvgIpc) is 2.63. The van der Waals surface area contributed by atoms with E-state index in [1.165, 1.54) is 7.11 Å². The molecule has 1 amide bonds. The van der Waals surface area contributed by atoms with E-state index >= 15 is 0 Å². The van der Waals surface area contributed by atoms with E-state index in [1.54, 1.807) is 12.3 Å². The highest BCUT2D eigenvalue weighted by Gasteiger charge is 2.37. The Labute approximate surface area is 123 Å². The van der Waals surface area contributed by atoms with Gasteiger partial charge in [0.05, 0.1) is 18.6 Å². The van der Waals surface area contributed by atoms with Crippen LogP contribution in [0.4, 0.5) is 5.82 Å². The van der Waals surface area contributed by atoms with E-state index in [4.69, 9.17) is 10.5 Å². The average molecular weight is 289 g/mol. The molecule has 0 saturated carbocycles. The van der Waals surface area contributed by atoms with Gasteiger partial charge in [0.2, 0.25) is 0 Å². The minimum absolute atomic E-state index is 0.0476. The highest BCUT2D eigenvalue weighted by Crippen LogP contribution is 2.31. The normalized spacial score (nSPS) is 24.8. The van der Waals surface area contributed by atoms with Crippen LogP contribution in [0.1, 0.15) is 35.2 Å². The highest BCUT2D eigenvalue weighted by molar-refractivity contribution is 5.96. The number of amides is 1. The zero-order valence-corrected chi connectivity index (χ0v) is 12.0. The number of ether oxygens (including phenoxy) is 1. The third kappa shape index (κ3) is 2.46. The predicted octanol–water partition coefficient (Wildman–Crippen LogP) is 1.00. The molecule has 112 valence electrons. The third-order valence-electron chi connectivity index (χ3n) is 4.49. The Balaban J connectivity index is 1.89. The largest absolute Gasteiger partial charge is 0.469 e. The first-order chi connectivity index (χ1) is 10.1. The summed E-state index contributed by atoms with van der Waals surface area (Å²) in [6, 6.07) is 1.97. The van der Waals surface area contributed by atoms with Crippen molar-refractivity contribution >= 4 is 17.7 Å². The number of esters is 1. The number of nitrogens with zero attached hydrogens (tertiary/aromatic N) is 2. The Morgan fingerprint density at radius 1 is 1.43 bits per heavy atom. The van der Waals surface area contributed by atoms with Crippen molar-refractivity contribution in [2.24, 2.45) is 5.92 Å². The summed E-state index contributed by atoms with van der Waals surface area (Å²) in [5, 5.41) is 0. The number of hydrogen-bond donors (Lipinski definition) is 1. The van der Waals surface area contributed by atoms with E-state index in [-0.39, 0.29) is 23.8 Å². The molecule has 1 saturated heterocycles. The lowest BCUT2D eigenvalue weighted by Crippen LogP contribution is -2.48. The van der Waals surface area contributed by atoms with Crippen molar-refractivity contribution in [2.45, 2.75) is 31.7 Å². The van der Waals surface area contributed by atoms with Gasteiger partial charge in [-0.05, 0) is 37.3 Å². The van der Waals surface area contributed by atoms with Gasteiger partial charge < -0.3 is 15.4 Å². The zero-order chi connectivity index (χ0) is 15.0. The first-order valence-corrected chi connectivity index (χ1v) is 7.23. The molecular formula is C15H19N3O3. The van der Waals surface area contributed by atoms with Gasteiger partial charge in [-0.2, -0.15) is 0 Å². The van der Waals surface area contributed by atoms with Gasteiger partial charge in [0.15, 0.2) is 0 Å². The van der Waals surface area contributed by atoms with E-state index < -0.39 is 0 Å². The van der Waals surface area contributed by atoms with Crippen LogP contribution < -0.4 is 5.73 Å². The molecule has 6 heteroatoms. The van der Waals surface area contributed by atoms with Gasteiger partial charge >= 0.3 is 5.97 Å². The monoisotopic (exact) mass is 289 g/mol. The number of aromatic nitrogens is 1. The van der Waals surface area contributed by atoms with Crippen molar-refractivity contribution in [2.75, 3.05) is 19.4 Å². The van der Waals surface area contributed by atoms with Gasteiger partial charge in [-0.25, -0.2) is 4.98 Å². The number of piperidine rings is 1. The molecule has 6 nitrogen and oxygen atoms in total. The summed E-state index contributed by atoms with van der Waals surface area (Å²) in [5.41, 5.74) is 7.27. The maximum Gasteiger partial charge on any atom is 0.310 e. The van der Waals surface area contributed by atoms with E-state index in [2.05, 4.69) is 4.98 Å². The van der Waals surface area contributed by atoms with E-state index in [1.807, 2.05) is 4.90 Å². The minimum Gasteiger partial charge on any atom is -0.469 e. The van der Waals surface area contributed by atoms with Crippen LogP contribution in [0, 0.1) is 5.92 Å². The molecule has 0 radical (unpaired) electrons. The number of carbonyl (C=O) groups is 2. The Morgan fingerprint density at radius 2 is 2.24 bits per heavy atom. The lowest BCUT2D eigenvalue weighted by molar-refractivity contribution is -0.147. The summed E-state index contributed by atoms with van der Waals surface area (Å²) >= 11 is 0. The fourth-order valence-corrected chi connectivity index (χ4v) is 3.33. The number of aryl methyl sites for hydroxylation is 1. The van der Waals surface area contributed by atoms with Crippen molar-refractivity contribution in [1.82, 2.24) is 9.88 Å². The Bertz CT molecular complexity index is 588. The minimum atomic E-state index is -0.235. The van der Waals surface area contributed by atoms with Crippen LogP contribution in [-0.2, 0) is 16.0 Å². The lowest BCUT2D eigenvalue weighted by Gasteiger charge is -2.37. The number of rotatable bonds is 1. The lowest BCUT2D eigenvalue weighted by atomic mass is 9.91. The maximum atomic E-state index is 12.7. The number of anilines is 1. The summed E-state index contributed by atoms with van der Waals surface area (Å²) < 4.78 is 4.82. The van der Waals surface area contributed by atoms with Crippen molar-refractivity contribution < 1.29 is 14.3 Å². The van der Waals surface area contributed by atoms with Crippen LogP contribution in [0.25, 0.3) is 0 Å². The number of fused-ring (bicyclic) bond motifs is 2. The molecule has 2 atom stereocenters. The predicted molar refractivity (Wildman–Crippen MR) is 76.5 cm³/mol. The van der Waals surface area contributed by atoms with Gasteiger partial charge in [0, 0.05) is 18.8 Å². The van der Waals surface area contributed by atoms with E-state index in [9.17, 15) is 9.59 Å². The van der Waals surface area contributed by atoms with Crippen LogP contribution in [0.3, 0.4) is 0 Å². The van der Waals surface area contributed by atoms with Gasteiger partial charge in [-0.15, -0.1) is 0 Å². The smallest absolute Gasteiger partial charge is 0.310 e. The Morgan fingerprint density at radius 3 is 3.00 bits per heavy atom. The Hall–Kier alpha value is -2.11. The molecule has 0 spiro atoms. The first kappa shape index (κ1) is 13.9. The molecular weight excluding hydrogens is 270 g/mol. The molecule has 0 aliphatic carbocycles. The molecule has 21 heavy (non-hydrogen) atoms. The highest BCUT2D eigenvalue weighted by atomic mass is 16.5. The maximum absolute atomic E-state index is 12.7. The second-order valence-corrected chi connectivity index (χ2v) is 5.71. The summed E-state index contributed by atoms with van der Waals surface area (Å²) in [7, 11) is 1.39. The fraction of sp³-hybridized carbons (Fsp3) is 0.533. The van der Waals surface area contributed by atoms with Gasteiger partial charge in [-0.3, -0.25) is 9.59 Å². The van der Waals surface area contributed by atoms with Crippen molar-refractivity contribution in [3.8, 4) is 0 Å². The standard InChI is InChI=1S/C15H19N3O3/c1-21-15(20)10-3-5-11-4-2-9-6-13(16)17-7-12(9)14(19)18(11)8-10/h6-7,10-11H,2-5,8H2,1H3,(H2,16,17)/t10-,11+/m0/s1. The van der Waals surface area contributed by atoms with E-state index in [0.29, 0.717) is 17.9 Å². The third-order valence-corrected chi connectivity index (χ3v) is 4.49. The molecule has 1 aromatic rings. The molecule has 2 N–H and O–H groups in total. The van der Waals surface area contributed by atoms with Crippen molar-refractivity contribution in [1.29, 1.82) is 0 Å². The summed E-state index contributed by atoms with van der Waals surface area (Å²) in [4.78, 5) is 30.3. The molecule has 0 bridgehead atoms. The number of carbonyl (C=O) groups excluding carboxylic acids is 2. The van der Waals surface area contributed by atoms with Crippen molar-refractivity contribution in [3.05, 3.63) is 23.4 Å². The van der Waals surface area contributed by atoms with Gasteiger partial charge in [-0.1, -0.05) is 0 Å². The topological polar surface area (TPSA) is 85.5 Å². The second-order valence-electron chi connectivity index (χ2n) is 5.71. The molecule has 3 rings (SSSR count). The quantitative estimate of drug-likeness (QED) is 0.780. The van der Waals surface area contributed by atoms with Crippen LogP contribution in [0.15, 0.2) is 12.3 Å². The number of nitrogens with two attached hydrogens (primary N) is 1. The van der Waals surface area contributed by atoms with Crippen molar-refractivity contribution in [3.63, 3.8) is 0 Å². The Kier molecular flexibility index (Phi) is 3.53. The summed E-state index contributed by atoms with van der Waals surface area (Å²) in [6.45, 7) is 0.431. The van der Waals surface area contributed by atoms with Crippen LogP contribution in [0.5, 0.6) is 0 Å². The van der Waals surface area contributed by atoms with Gasteiger partial charge in [0.25, 0.3) is 5.91 Å². The zero-order valence-electron chi connectivity index (χ0n) is 12.0. The SMILES string of the molecule is COC(=O)[C@H]1CC[C@H]2CCc3cc(N)ncc3C(=O)N2C1. The first-order valence-electron chi connectivity index (χ1n) is 7.23. The summed E-state index contributed by atoms with van der Waals surface area (Å²) in [5.74, 6) is -0.0675. The van der Waals surface area contributed by atoms with E-state index in [0.717, 1.165) is 31.2 Å². The molecule has 3 heterocycles. The fourth-order valence-electron chi connectivity index (χ4n) is 3.33. The number of methoxy groups -OCH3 is 1. The number of hydrogen-bond acceptors (Lipinski definition) is 5. The number of pyridine rings is 1. The summed E-state index contributed by atoms with van der Waals surface area (Å²) in [6.07, 6.45) is 4.88. The molecule has 1 fully saturated rings.